The van der Waals surface area contributed by atoms with Crippen LogP contribution in [0.1, 0.15) is 42.1 Å². The van der Waals surface area contributed by atoms with E-state index < -0.39 is 0 Å². The van der Waals surface area contributed by atoms with E-state index in [-0.39, 0.29) is 6.04 Å². The summed E-state index contributed by atoms with van der Waals surface area (Å²) in [6.45, 7) is 0.864. The van der Waals surface area contributed by atoms with Crippen molar-refractivity contribution in [1.82, 2.24) is 9.55 Å². The van der Waals surface area contributed by atoms with E-state index in [4.69, 9.17) is 5.73 Å². The molecule has 0 saturated carbocycles. The van der Waals surface area contributed by atoms with Gasteiger partial charge in [-0.3, -0.25) is 0 Å². The largest absolute Gasteiger partial charge is 0.348 e. The summed E-state index contributed by atoms with van der Waals surface area (Å²) in [4.78, 5) is 4.32. The van der Waals surface area contributed by atoms with Crippen LogP contribution in [0.5, 0.6) is 0 Å². The van der Waals surface area contributed by atoms with Crippen molar-refractivity contribution in [3.05, 3.63) is 40.1 Å². The lowest BCUT2D eigenvalue weighted by atomic mass is 10.1. The molecule has 0 radical (unpaired) electrons. The molecule has 90 valence electrons. The zero-order valence-electron chi connectivity index (χ0n) is 9.80. The minimum absolute atomic E-state index is 0.226. The first kappa shape index (κ1) is 11.0. The maximum atomic E-state index is 6.21. The lowest BCUT2D eigenvalue weighted by Crippen LogP contribution is -2.09. The molecule has 0 aliphatic heterocycles. The quantitative estimate of drug-likeness (QED) is 0.829. The predicted octanol–water partition coefficient (Wildman–Crippen LogP) is 2.72. The van der Waals surface area contributed by atoms with Crippen LogP contribution < -0.4 is 5.73 Å². The van der Waals surface area contributed by atoms with Gasteiger partial charge in [-0.2, -0.15) is 0 Å². The molecule has 2 aromatic heterocycles. The van der Waals surface area contributed by atoms with E-state index in [1.165, 1.54) is 30.4 Å². The molecular weight excluding hydrogens is 230 g/mol. The van der Waals surface area contributed by atoms with Gasteiger partial charge in [0.1, 0.15) is 0 Å². The third-order valence-electron chi connectivity index (χ3n) is 3.44. The van der Waals surface area contributed by atoms with Crippen molar-refractivity contribution in [3.8, 4) is 0 Å². The molecule has 1 atom stereocenters. The number of nitrogens with two attached hydrogens (primary N) is 1. The first-order chi connectivity index (χ1) is 8.33. The van der Waals surface area contributed by atoms with Gasteiger partial charge in [-0.25, -0.2) is 4.98 Å². The highest BCUT2D eigenvalue weighted by atomic mass is 32.1. The molecule has 1 aliphatic carbocycles. The summed E-state index contributed by atoms with van der Waals surface area (Å²) >= 11 is 1.65. The fourth-order valence-electron chi connectivity index (χ4n) is 2.55. The van der Waals surface area contributed by atoms with Gasteiger partial charge >= 0.3 is 0 Å². The Hall–Kier alpha value is -1.13. The van der Waals surface area contributed by atoms with Crippen molar-refractivity contribution in [2.45, 2.75) is 38.3 Å². The number of nitrogens with zero attached hydrogens (tertiary/aromatic N) is 2. The van der Waals surface area contributed by atoms with Crippen molar-refractivity contribution in [3.63, 3.8) is 0 Å². The van der Waals surface area contributed by atoms with E-state index in [1.807, 2.05) is 5.51 Å². The molecule has 3 rings (SSSR count). The Labute approximate surface area is 105 Å². The molecule has 0 bridgehead atoms. The molecule has 0 saturated heterocycles. The van der Waals surface area contributed by atoms with Crippen molar-refractivity contribution in [2.24, 2.45) is 5.73 Å². The van der Waals surface area contributed by atoms with E-state index in [1.54, 1.807) is 11.3 Å². The number of aryl methyl sites for hydroxylation is 1. The highest BCUT2D eigenvalue weighted by molar-refractivity contribution is 7.07. The summed E-state index contributed by atoms with van der Waals surface area (Å²) in [6, 6.07) is 0.226. The molecule has 0 amide bonds. The number of hydrogen-bond acceptors (Lipinski definition) is 3. The molecule has 17 heavy (non-hydrogen) atoms. The number of hydrogen-bond donors (Lipinski definition) is 1. The minimum Gasteiger partial charge on any atom is -0.348 e. The molecule has 3 nitrogen and oxygen atoms in total. The Bertz CT molecular complexity index is 487. The fraction of sp³-hybridized carbons (Fsp3) is 0.462. The minimum atomic E-state index is 0.226. The van der Waals surface area contributed by atoms with Crippen LogP contribution in [-0.2, 0) is 13.0 Å². The molecule has 2 aromatic rings. The third kappa shape index (κ3) is 2.28. The van der Waals surface area contributed by atoms with Crippen LogP contribution in [0.25, 0.3) is 0 Å². The van der Waals surface area contributed by atoms with Crippen LogP contribution >= 0.6 is 11.3 Å². The number of thiazole rings is 1. The summed E-state index contributed by atoms with van der Waals surface area (Å²) in [6.07, 6.45) is 9.27. The second-order valence-electron chi connectivity index (χ2n) is 4.74. The average Bonchev–Trinajstić information content (AvgIpc) is 2.92. The van der Waals surface area contributed by atoms with Gasteiger partial charge in [0.05, 0.1) is 17.7 Å². The summed E-state index contributed by atoms with van der Waals surface area (Å²) in [5.74, 6) is 0. The summed E-state index contributed by atoms with van der Waals surface area (Å²) in [5, 5.41) is 2.10. The molecule has 4 heteroatoms. The molecule has 0 aromatic carbocycles. The molecule has 1 aliphatic rings. The first-order valence-electron chi connectivity index (χ1n) is 6.14. The van der Waals surface area contributed by atoms with E-state index in [0.717, 1.165) is 18.7 Å². The van der Waals surface area contributed by atoms with Gasteiger partial charge in [-0.1, -0.05) is 6.42 Å². The first-order valence-corrected chi connectivity index (χ1v) is 7.08. The SMILES string of the molecule is NC1CCCCc2cn(Cc3cscn3)cc21. The average molecular weight is 247 g/mol. The van der Waals surface area contributed by atoms with E-state index in [0.29, 0.717) is 0 Å². The normalized spacial score (nSPS) is 19.9. The third-order valence-corrected chi connectivity index (χ3v) is 4.07. The Morgan fingerprint density at radius 3 is 3.18 bits per heavy atom. The zero-order chi connectivity index (χ0) is 11.7. The number of aromatic nitrogens is 2. The van der Waals surface area contributed by atoms with Crippen LogP contribution in [0.4, 0.5) is 0 Å². The summed E-state index contributed by atoms with van der Waals surface area (Å²) in [5.41, 5.74) is 12.0. The second-order valence-corrected chi connectivity index (χ2v) is 5.46. The van der Waals surface area contributed by atoms with Gasteiger partial charge < -0.3 is 10.3 Å². The Balaban J connectivity index is 1.86. The molecule has 1 unspecified atom stereocenters. The van der Waals surface area contributed by atoms with Crippen LogP contribution in [0, 0.1) is 0 Å². The van der Waals surface area contributed by atoms with Gasteiger partial charge in [0.2, 0.25) is 0 Å². The van der Waals surface area contributed by atoms with Crippen LogP contribution in [0.15, 0.2) is 23.3 Å². The van der Waals surface area contributed by atoms with Gasteiger partial charge in [0, 0.05) is 23.8 Å². The monoisotopic (exact) mass is 247 g/mol. The van der Waals surface area contributed by atoms with Gasteiger partial charge in [-0.15, -0.1) is 11.3 Å². The van der Waals surface area contributed by atoms with Crippen molar-refractivity contribution in [1.29, 1.82) is 0 Å². The maximum absolute atomic E-state index is 6.21. The lowest BCUT2D eigenvalue weighted by Gasteiger charge is -2.07. The Kier molecular flexibility index (Phi) is 2.99. The lowest BCUT2D eigenvalue weighted by molar-refractivity contribution is 0.609. The highest BCUT2D eigenvalue weighted by Gasteiger charge is 2.17. The molecule has 0 fully saturated rings. The maximum Gasteiger partial charge on any atom is 0.0795 e. The van der Waals surface area contributed by atoms with Crippen molar-refractivity contribution < 1.29 is 0 Å². The van der Waals surface area contributed by atoms with Crippen LogP contribution in [0.2, 0.25) is 0 Å². The zero-order valence-corrected chi connectivity index (χ0v) is 10.6. The van der Waals surface area contributed by atoms with Gasteiger partial charge in [0.25, 0.3) is 0 Å². The summed E-state index contributed by atoms with van der Waals surface area (Å²) in [7, 11) is 0. The van der Waals surface area contributed by atoms with E-state index in [9.17, 15) is 0 Å². The molecular formula is C13H17N3S. The molecule has 0 spiro atoms. The van der Waals surface area contributed by atoms with Gasteiger partial charge in [0.15, 0.2) is 0 Å². The number of rotatable bonds is 2. The van der Waals surface area contributed by atoms with E-state index >= 15 is 0 Å². The topological polar surface area (TPSA) is 43.8 Å². The van der Waals surface area contributed by atoms with Crippen LogP contribution in [0.3, 0.4) is 0 Å². The smallest absolute Gasteiger partial charge is 0.0795 e. The standard InChI is InChI=1S/C13H17N3S/c14-13-4-2-1-3-10-5-16(7-12(10)13)6-11-8-17-9-15-11/h5,7-9,13H,1-4,6,14H2. The van der Waals surface area contributed by atoms with E-state index in [2.05, 4.69) is 27.3 Å². The highest BCUT2D eigenvalue weighted by Crippen LogP contribution is 2.27. The molecule has 2 N–H and O–H groups in total. The summed E-state index contributed by atoms with van der Waals surface area (Å²) < 4.78 is 2.23. The predicted molar refractivity (Wildman–Crippen MR) is 70.1 cm³/mol. The Morgan fingerprint density at radius 2 is 2.35 bits per heavy atom. The second kappa shape index (κ2) is 4.63. The van der Waals surface area contributed by atoms with Crippen molar-refractivity contribution >= 4 is 11.3 Å². The molecule has 2 heterocycles. The fourth-order valence-corrected chi connectivity index (χ4v) is 3.10. The van der Waals surface area contributed by atoms with Crippen LogP contribution in [-0.4, -0.2) is 9.55 Å². The number of fused-ring (bicyclic) bond motifs is 1. The van der Waals surface area contributed by atoms with Crippen molar-refractivity contribution in [2.75, 3.05) is 0 Å². The Morgan fingerprint density at radius 1 is 1.41 bits per heavy atom. The van der Waals surface area contributed by atoms with Gasteiger partial charge in [-0.05, 0) is 30.4 Å².